The standard InChI is InChI=1S/C13H14N2OS/c14-8-9-3-4-15-12(5-9)13(16)6-10-1-2-11(7-13)17-10/h3-5,10-11,16H,1-2,6-7H2. The Morgan fingerprint density at radius 3 is 2.76 bits per heavy atom. The zero-order chi connectivity index (χ0) is 11.9. The van der Waals surface area contributed by atoms with Crippen molar-refractivity contribution in [2.75, 3.05) is 0 Å². The molecule has 0 saturated carbocycles. The third-order valence-electron chi connectivity index (χ3n) is 3.69. The van der Waals surface area contributed by atoms with Crippen LogP contribution in [0.4, 0.5) is 0 Å². The van der Waals surface area contributed by atoms with E-state index in [2.05, 4.69) is 11.1 Å². The van der Waals surface area contributed by atoms with Crippen molar-refractivity contribution in [1.29, 1.82) is 5.26 Å². The average molecular weight is 246 g/mol. The zero-order valence-electron chi connectivity index (χ0n) is 9.47. The highest BCUT2D eigenvalue weighted by Gasteiger charge is 2.45. The number of aromatic nitrogens is 1. The highest BCUT2D eigenvalue weighted by molar-refractivity contribution is 8.00. The van der Waals surface area contributed by atoms with Crippen LogP contribution in [0.3, 0.4) is 0 Å². The van der Waals surface area contributed by atoms with E-state index in [0.29, 0.717) is 21.8 Å². The summed E-state index contributed by atoms with van der Waals surface area (Å²) >= 11 is 2.01. The lowest BCUT2D eigenvalue weighted by Gasteiger charge is -2.35. The molecule has 2 aliphatic heterocycles. The summed E-state index contributed by atoms with van der Waals surface area (Å²) < 4.78 is 0. The van der Waals surface area contributed by atoms with Crippen LogP contribution in [0.1, 0.15) is 36.9 Å². The van der Waals surface area contributed by atoms with E-state index in [-0.39, 0.29) is 0 Å². The normalized spacial score (nSPS) is 35.5. The summed E-state index contributed by atoms with van der Waals surface area (Å²) in [5, 5.41) is 20.8. The summed E-state index contributed by atoms with van der Waals surface area (Å²) in [7, 11) is 0. The molecule has 88 valence electrons. The van der Waals surface area contributed by atoms with Crippen molar-refractivity contribution in [3.63, 3.8) is 0 Å². The monoisotopic (exact) mass is 246 g/mol. The molecule has 2 atom stereocenters. The smallest absolute Gasteiger partial charge is 0.109 e. The maximum atomic E-state index is 10.8. The Bertz CT molecular complexity index is 471. The molecule has 4 heteroatoms. The van der Waals surface area contributed by atoms with E-state index in [1.165, 1.54) is 12.8 Å². The molecule has 0 aliphatic carbocycles. The minimum Gasteiger partial charge on any atom is -0.383 e. The average Bonchev–Trinajstić information content (AvgIpc) is 2.69. The second kappa shape index (κ2) is 4.01. The Hall–Kier alpha value is -1.05. The van der Waals surface area contributed by atoms with Gasteiger partial charge in [0.2, 0.25) is 0 Å². The minimum absolute atomic E-state index is 0.561. The minimum atomic E-state index is -0.816. The van der Waals surface area contributed by atoms with Crippen LogP contribution in [-0.4, -0.2) is 20.6 Å². The SMILES string of the molecule is N#Cc1ccnc(C2(O)CC3CCC(C2)S3)c1. The van der Waals surface area contributed by atoms with Gasteiger partial charge in [-0.05, 0) is 37.8 Å². The molecule has 0 amide bonds. The number of hydrogen-bond acceptors (Lipinski definition) is 4. The fourth-order valence-corrected chi connectivity index (χ4v) is 4.71. The highest BCUT2D eigenvalue weighted by atomic mass is 32.2. The summed E-state index contributed by atoms with van der Waals surface area (Å²) in [4.78, 5) is 4.27. The number of fused-ring (bicyclic) bond motifs is 2. The predicted octanol–water partition coefficient (Wildman–Crippen LogP) is 2.20. The van der Waals surface area contributed by atoms with Crippen molar-refractivity contribution in [3.8, 4) is 6.07 Å². The van der Waals surface area contributed by atoms with Crippen LogP contribution in [0.2, 0.25) is 0 Å². The third kappa shape index (κ3) is 1.94. The summed E-state index contributed by atoms with van der Waals surface area (Å²) in [5.74, 6) is 0. The predicted molar refractivity (Wildman–Crippen MR) is 66.5 cm³/mol. The summed E-state index contributed by atoms with van der Waals surface area (Å²) in [5.41, 5.74) is 0.437. The van der Waals surface area contributed by atoms with Crippen molar-refractivity contribution < 1.29 is 5.11 Å². The fourth-order valence-electron chi connectivity index (χ4n) is 2.88. The Kier molecular flexibility index (Phi) is 2.61. The molecule has 2 unspecified atom stereocenters. The van der Waals surface area contributed by atoms with Gasteiger partial charge in [-0.25, -0.2) is 0 Å². The molecule has 2 fully saturated rings. The van der Waals surface area contributed by atoms with Crippen LogP contribution >= 0.6 is 11.8 Å². The van der Waals surface area contributed by atoms with Crippen molar-refractivity contribution in [3.05, 3.63) is 29.6 Å². The summed E-state index contributed by atoms with van der Waals surface area (Å²) in [6.07, 6.45) is 5.58. The maximum Gasteiger partial charge on any atom is 0.109 e. The van der Waals surface area contributed by atoms with Gasteiger partial charge in [0.15, 0.2) is 0 Å². The van der Waals surface area contributed by atoms with Gasteiger partial charge >= 0.3 is 0 Å². The first-order chi connectivity index (χ1) is 8.19. The van der Waals surface area contributed by atoms with Gasteiger partial charge < -0.3 is 5.11 Å². The largest absolute Gasteiger partial charge is 0.383 e. The number of thioether (sulfide) groups is 1. The van der Waals surface area contributed by atoms with E-state index in [1.54, 1.807) is 18.3 Å². The van der Waals surface area contributed by atoms with Gasteiger partial charge in [-0.1, -0.05) is 0 Å². The molecule has 0 aromatic carbocycles. The Morgan fingerprint density at radius 2 is 2.12 bits per heavy atom. The molecular formula is C13H14N2OS. The van der Waals surface area contributed by atoms with Gasteiger partial charge in [0.25, 0.3) is 0 Å². The van der Waals surface area contributed by atoms with E-state index < -0.39 is 5.60 Å². The van der Waals surface area contributed by atoms with Crippen molar-refractivity contribution >= 4 is 11.8 Å². The number of nitriles is 1. The van der Waals surface area contributed by atoms with Crippen molar-refractivity contribution in [1.82, 2.24) is 4.98 Å². The molecule has 2 saturated heterocycles. The second-order valence-corrected chi connectivity index (χ2v) is 6.54. The van der Waals surface area contributed by atoms with Crippen LogP contribution in [0.5, 0.6) is 0 Å². The van der Waals surface area contributed by atoms with E-state index in [9.17, 15) is 5.11 Å². The first-order valence-electron chi connectivity index (χ1n) is 5.94. The van der Waals surface area contributed by atoms with Gasteiger partial charge in [-0.15, -0.1) is 0 Å². The van der Waals surface area contributed by atoms with E-state index in [0.717, 1.165) is 12.8 Å². The number of rotatable bonds is 1. The molecular weight excluding hydrogens is 232 g/mol. The summed E-state index contributed by atoms with van der Waals surface area (Å²) in [6, 6.07) is 5.52. The second-order valence-electron chi connectivity index (χ2n) is 4.94. The van der Waals surface area contributed by atoms with Crippen LogP contribution in [0.15, 0.2) is 18.3 Å². The molecule has 3 heterocycles. The molecule has 1 aromatic rings. The van der Waals surface area contributed by atoms with Crippen LogP contribution in [-0.2, 0) is 5.60 Å². The topological polar surface area (TPSA) is 56.9 Å². The lowest BCUT2D eigenvalue weighted by molar-refractivity contribution is 0.0153. The van der Waals surface area contributed by atoms with Gasteiger partial charge in [0, 0.05) is 16.7 Å². The van der Waals surface area contributed by atoms with E-state index in [4.69, 9.17) is 5.26 Å². The van der Waals surface area contributed by atoms with Crippen LogP contribution < -0.4 is 0 Å². The number of hydrogen-bond donors (Lipinski definition) is 1. The molecule has 2 bridgehead atoms. The highest BCUT2D eigenvalue weighted by Crippen LogP contribution is 2.50. The number of aliphatic hydroxyl groups is 1. The first kappa shape index (κ1) is 11.1. The molecule has 1 N–H and O–H groups in total. The van der Waals surface area contributed by atoms with Gasteiger partial charge in [-0.3, -0.25) is 4.98 Å². The lowest BCUT2D eigenvalue weighted by Crippen LogP contribution is -2.35. The zero-order valence-corrected chi connectivity index (χ0v) is 10.3. The van der Waals surface area contributed by atoms with Crippen molar-refractivity contribution in [2.45, 2.75) is 41.8 Å². The number of pyridine rings is 1. The fraction of sp³-hybridized carbons (Fsp3) is 0.538. The first-order valence-corrected chi connectivity index (χ1v) is 6.88. The van der Waals surface area contributed by atoms with E-state index in [1.807, 2.05) is 11.8 Å². The number of nitrogens with zero attached hydrogens (tertiary/aromatic N) is 2. The van der Waals surface area contributed by atoms with Crippen molar-refractivity contribution in [2.24, 2.45) is 0 Å². The molecule has 1 aromatic heterocycles. The van der Waals surface area contributed by atoms with E-state index >= 15 is 0 Å². The maximum absolute atomic E-state index is 10.8. The Morgan fingerprint density at radius 1 is 1.41 bits per heavy atom. The lowest BCUT2D eigenvalue weighted by atomic mass is 9.89. The quantitative estimate of drug-likeness (QED) is 0.825. The molecule has 3 nitrogen and oxygen atoms in total. The molecule has 3 rings (SSSR count). The molecule has 0 spiro atoms. The van der Waals surface area contributed by atoms with Gasteiger partial charge in [0.05, 0.1) is 17.3 Å². The summed E-state index contributed by atoms with van der Waals surface area (Å²) in [6.45, 7) is 0. The molecule has 2 aliphatic rings. The molecule has 17 heavy (non-hydrogen) atoms. The van der Waals surface area contributed by atoms with Crippen LogP contribution in [0.25, 0.3) is 0 Å². The Balaban J connectivity index is 1.94. The van der Waals surface area contributed by atoms with Gasteiger partial charge in [-0.2, -0.15) is 17.0 Å². The van der Waals surface area contributed by atoms with Gasteiger partial charge in [0.1, 0.15) is 5.60 Å². The molecule has 0 radical (unpaired) electrons. The third-order valence-corrected chi connectivity index (χ3v) is 5.27. The van der Waals surface area contributed by atoms with Crippen LogP contribution in [0, 0.1) is 11.3 Å². The Labute approximate surface area is 105 Å².